The molecule has 1 aromatic carbocycles. The van der Waals surface area contributed by atoms with Crippen LogP contribution in [0.3, 0.4) is 0 Å². The third kappa shape index (κ3) is 8.20. The Hall–Kier alpha value is -3.10. The predicted molar refractivity (Wildman–Crippen MR) is 130 cm³/mol. The summed E-state index contributed by atoms with van der Waals surface area (Å²) in [6, 6.07) is 10.3. The molecule has 9 heteroatoms. The van der Waals surface area contributed by atoms with E-state index in [0.717, 1.165) is 31.2 Å². The van der Waals surface area contributed by atoms with Gasteiger partial charge in [-0.15, -0.1) is 10.2 Å². The van der Waals surface area contributed by atoms with E-state index in [0.29, 0.717) is 12.5 Å². The van der Waals surface area contributed by atoms with Gasteiger partial charge < -0.3 is 25.0 Å². The molecule has 0 saturated heterocycles. The molecule has 1 amide bonds. The van der Waals surface area contributed by atoms with E-state index in [1.165, 1.54) is 5.69 Å². The molecule has 0 aliphatic carbocycles. The van der Waals surface area contributed by atoms with Crippen LogP contribution >= 0.6 is 0 Å². The molecule has 1 heterocycles. The number of nitrogens with zero attached hydrogens (tertiary/aromatic N) is 6. The Morgan fingerprint density at radius 2 is 1.84 bits per heavy atom. The Morgan fingerprint density at radius 1 is 1.16 bits per heavy atom. The van der Waals surface area contributed by atoms with Crippen LogP contribution in [0.2, 0.25) is 0 Å². The standard InChI is InChI=1S/C23H38N8O/c1-18-27-28-20(31(18)7)16-25-22(30(6)17-21(32)26-23(2,3)4)24-14-11-15-29(5)19-12-9-8-10-13-19/h8-10,12-13H,11,14-17H2,1-7H3,(H,24,25)(H,26,32). The van der Waals surface area contributed by atoms with Crippen molar-refractivity contribution in [3.05, 3.63) is 42.0 Å². The zero-order valence-electron chi connectivity index (χ0n) is 20.5. The van der Waals surface area contributed by atoms with Crippen molar-refractivity contribution in [2.45, 2.75) is 46.2 Å². The fourth-order valence-corrected chi connectivity index (χ4v) is 3.12. The number of hydrogen-bond acceptors (Lipinski definition) is 5. The Labute approximate surface area is 191 Å². The monoisotopic (exact) mass is 442 g/mol. The first-order chi connectivity index (χ1) is 15.1. The highest BCUT2D eigenvalue weighted by molar-refractivity contribution is 5.86. The molecule has 2 N–H and O–H groups in total. The quantitative estimate of drug-likeness (QED) is 0.350. The summed E-state index contributed by atoms with van der Waals surface area (Å²) in [7, 11) is 5.88. The van der Waals surface area contributed by atoms with E-state index in [-0.39, 0.29) is 18.0 Å². The van der Waals surface area contributed by atoms with E-state index in [2.05, 4.69) is 44.9 Å². The van der Waals surface area contributed by atoms with Gasteiger partial charge in [0.1, 0.15) is 12.4 Å². The lowest BCUT2D eigenvalue weighted by atomic mass is 10.1. The average Bonchev–Trinajstić information content (AvgIpc) is 3.04. The van der Waals surface area contributed by atoms with Crippen LogP contribution in [0.5, 0.6) is 0 Å². The molecule has 0 fully saturated rings. The lowest BCUT2D eigenvalue weighted by Crippen LogP contribution is -2.49. The second kappa shape index (κ2) is 11.5. The second-order valence-corrected chi connectivity index (χ2v) is 9.05. The van der Waals surface area contributed by atoms with Crippen molar-refractivity contribution in [1.82, 2.24) is 30.3 Å². The van der Waals surface area contributed by atoms with Gasteiger partial charge in [-0.05, 0) is 46.2 Å². The number of nitrogens with one attached hydrogen (secondary N) is 2. The van der Waals surface area contributed by atoms with Gasteiger partial charge in [0.25, 0.3) is 0 Å². The van der Waals surface area contributed by atoms with Crippen LogP contribution in [0.25, 0.3) is 0 Å². The highest BCUT2D eigenvalue weighted by Gasteiger charge is 2.17. The summed E-state index contributed by atoms with van der Waals surface area (Å²) in [6.07, 6.45) is 0.926. The van der Waals surface area contributed by atoms with E-state index >= 15 is 0 Å². The number of aryl methyl sites for hydroxylation is 1. The van der Waals surface area contributed by atoms with Crippen LogP contribution in [0.4, 0.5) is 5.69 Å². The summed E-state index contributed by atoms with van der Waals surface area (Å²) in [5.41, 5.74) is 0.913. The smallest absolute Gasteiger partial charge is 0.240 e. The number of likely N-dealkylation sites (N-methyl/N-ethyl adjacent to an activating group) is 1. The first kappa shape index (κ1) is 25.2. The van der Waals surface area contributed by atoms with Crippen molar-refractivity contribution in [1.29, 1.82) is 0 Å². The number of rotatable bonds is 9. The molecule has 32 heavy (non-hydrogen) atoms. The molecule has 2 aromatic rings. The number of hydrogen-bond donors (Lipinski definition) is 2. The second-order valence-electron chi connectivity index (χ2n) is 9.05. The zero-order chi connectivity index (χ0) is 23.7. The maximum absolute atomic E-state index is 12.4. The Morgan fingerprint density at radius 3 is 2.44 bits per heavy atom. The van der Waals surface area contributed by atoms with Gasteiger partial charge in [0.15, 0.2) is 11.8 Å². The minimum Gasteiger partial charge on any atom is -0.375 e. The number of carbonyl (C=O) groups is 1. The molecular formula is C23H38N8O. The molecule has 2 rings (SSSR count). The summed E-state index contributed by atoms with van der Waals surface area (Å²) >= 11 is 0. The van der Waals surface area contributed by atoms with Gasteiger partial charge in [-0.3, -0.25) is 4.79 Å². The SMILES string of the molecule is Cc1nnc(CN=C(NCCCN(C)c2ccccc2)N(C)CC(=O)NC(C)(C)C)n1C. The minimum absolute atomic E-state index is 0.0483. The van der Waals surface area contributed by atoms with Gasteiger partial charge in [0.2, 0.25) is 5.91 Å². The molecule has 0 unspecified atom stereocenters. The van der Waals surface area contributed by atoms with E-state index < -0.39 is 0 Å². The first-order valence-electron chi connectivity index (χ1n) is 11.0. The van der Waals surface area contributed by atoms with E-state index in [4.69, 9.17) is 4.99 Å². The summed E-state index contributed by atoms with van der Waals surface area (Å²) < 4.78 is 1.92. The van der Waals surface area contributed by atoms with Crippen molar-refractivity contribution in [3.63, 3.8) is 0 Å². The lowest BCUT2D eigenvalue weighted by Gasteiger charge is -2.26. The van der Waals surface area contributed by atoms with Gasteiger partial charge >= 0.3 is 0 Å². The van der Waals surface area contributed by atoms with Crippen molar-refractivity contribution in [2.75, 3.05) is 38.6 Å². The zero-order valence-corrected chi connectivity index (χ0v) is 20.5. The number of amides is 1. The van der Waals surface area contributed by atoms with Gasteiger partial charge in [-0.2, -0.15) is 0 Å². The van der Waals surface area contributed by atoms with Crippen LogP contribution in [0, 0.1) is 6.92 Å². The largest absolute Gasteiger partial charge is 0.375 e. The topological polar surface area (TPSA) is 90.7 Å². The molecule has 0 aliphatic heterocycles. The van der Waals surface area contributed by atoms with Gasteiger partial charge in [-0.1, -0.05) is 18.2 Å². The van der Waals surface area contributed by atoms with Gasteiger partial charge in [-0.25, -0.2) is 4.99 Å². The average molecular weight is 443 g/mol. The molecule has 9 nitrogen and oxygen atoms in total. The molecule has 0 aliphatic rings. The van der Waals surface area contributed by atoms with Crippen molar-refractivity contribution < 1.29 is 4.79 Å². The fraction of sp³-hybridized carbons (Fsp3) is 0.565. The molecule has 0 bridgehead atoms. The van der Waals surface area contributed by atoms with E-state index in [9.17, 15) is 4.79 Å². The summed E-state index contributed by atoms with van der Waals surface area (Å²) in [4.78, 5) is 21.2. The highest BCUT2D eigenvalue weighted by Crippen LogP contribution is 2.10. The number of anilines is 1. The number of para-hydroxylation sites is 1. The van der Waals surface area contributed by atoms with Crippen LogP contribution in [-0.2, 0) is 18.4 Å². The molecule has 176 valence electrons. The van der Waals surface area contributed by atoms with Crippen molar-refractivity contribution in [2.24, 2.45) is 12.0 Å². The minimum atomic E-state index is -0.277. The lowest BCUT2D eigenvalue weighted by molar-refractivity contribution is -0.122. The number of carbonyl (C=O) groups excluding carboxylic acids is 1. The van der Waals surface area contributed by atoms with Crippen molar-refractivity contribution in [3.8, 4) is 0 Å². The Bertz CT molecular complexity index is 885. The number of guanidine groups is 1. The normalized spacial score (nSPS) is 11.9. The van der Waals surface area contributed by atoms with Crippen LogP contribution in [-0.4, -0.2) is 70.8 Å². The van der Waals surface area contributed by atoms with Crippen molar-refractivity contribution >= 4 is 17.6 Å². The number of aliphatic imine (C=N–C) groups is 1. The maximum atomic E-state index is 12.4. The van der Waals surface area contributed by atoms with E-state index in [1.54, 1.807) is 0 Å². The predicted octanol–water partition coefficient (Wildman–Crippen LogP) is 1.94. The van der Waals surface area contributed by atoms with Crippen LogP contribution in [0.15, 0.2) is 35.3 Å². The number of aromatic nitrogens is 3. The highest BCUT2D eigenvalue weighted by atomic mass is 16.2. The first-order valence-corrected chi connectivity index (χ1v) is 11.0. The summed E-state index contributed by atoms with van der Waals surface area (Å²) in [6.45, 7) is 10.1. The van der Waals surface area contributed by atoms with Crippen LogP contribution < -0.4 is 15.5 Å². The molecule has 0 saturated carbocycles. The molecular weight excluding hydrogens is 404 g/mol. The molecule has 0 spiro atoms. The number of benzene rings is 1. The maximum Gasteiger partial charge on any atom is 0.240 e. The molecule has 0 atom stereocenters. The van der Waals surface area contributed by atoms with E-state index in [1.807, 2.05) is 69.5 Å². The fourth-order valence-electron chi connectivity index (χ4n) is 3.12. The summed E-state index contributed by atoms with van der Waals surface area (Å²) in [5, 5.41) is 14.7. The van der Waals surface area contributed by atoms with Crippen LogP contribution in [0.1, 0.15) is 38.8 Å². The summed E-state index contributed by atoms with van der Waals surface area (Å²) in [5.74, 6) is 2.23. The van der Waals surface area contributed by atoms with Gasteiger partial charge in [0.05, 0.1) is 6.54 Å². The third-order valence-electron chi connectivity index (χ3n) is 4.96. The molecule has 1 aromatic heterocycles. The van der Waals surface area contributed by atoms with Gasteiger partial charge in [0, 0.05) is 45.5 Å². The molecule has 0 radical (unpaired) electrons. The Balaban J connectivity index is 1.98. The third-order valence-corrected chi connectivity index (χ3v) is 4.96. The Kier molecular flexibility index (Phi) is 9.04.